The summed E-state index contributed by atoms with van der Waals surface area (Å²) in [6.07, 6.45) is 3.23. The largest absolute Gasteiger partial charge is 0.456 e. The second kappa shape index (κ2) is 7.87. The lowest BCUT2D eigenvalue weighted by molar-refractivity contribution is 0.438. The van der Waals surface area contributed by atoms with Crippen molar-refractivity contribution in [1.82, 2.24) is 9.97 Å². The number of fused-ring (bicyclic) bond motifs is 1. The van der Waals surface area contributed by atoms with Gasteiger partial charge in [-0.25, -0.2) is 9.97 Å². The fourth-order valence-corrected chi connectivity index (χ4v) is 3.07. The highest BCUT2D eigenvalue weighted by atomic mass is 35.5. The standard InChI is InChI=1S/C23H19ClN2O2/c1-15(2)16-4-5-18-13-19(7-6-17(18)12-16)27-22-9-8-20(14-21(22)24)28-23-25-10-3-11-26-23/h3-15H,1-2H3. The van der Waals surface area contributed by atoms with Gasteiger partial charge in [0.1, 0.15) is 17.2 Å². The normalized spacial score (nSPS) is 11.0. The Hall–Kier alpha value is -3.11. The SMILES string of the molecule is CC(C)c1ccc2cc(Oc3ccc(Oc4ncccn4)cc3Cl)ccc2c1. The van der Waals surface area contributed by atoms with Gasteiger partial charge < -0.3 is 9.47 Å². The second-order valence-electron chi connectivity index (χ2n) is 6.75. The Bertz CT molecular complexity index is 1110. The van der Waals surface area contributed by atoms with Gasteiger partial charge in [-0.2, -0.15) is 0 Å². The fraction of sp³-hybridized carbons (Fsp3) is 0.130. The highest BCUT2D eigenvalue weighted by Crippen LogP contribution is 2.34. The zero-order chi connectivity index (χ0) is 19.5. The monoisotopic (exact) mass is 390 g/mol. The van der Waals surface area contributed by atoms with Crippen LogP contribution in [-0.4, -0.2) is 9.97 Å². The van der Waals surface area contributed by atoms with Crippen LogP contribution in [0.25, 0.3) is 10.8 Å². The van der Waals surface area contributed by atoms with E-state index in [9.17, 15) is 0 Å². The van der Waals surface area contributed by atoms with Crippen molar-refractivity contribution >= 4 is 22.4 Å². The fourth-order valence-electron chi connectivity index (χ4n) is 2.86. The first-order valence-corrected chi connectivity index (χ1v) is 9.42. The van der Waals surface area contributed by atoms with E-state index >= 15 is 0 Å². The topological polar surface area (TPSA) is 44.2 Å². The number of benzene rings is 3. The zero-order valence-electron chi connectivity index (χ0n) is 15.6. The summed E-state index contributed by atoms with van der Waals surface area (Å²) < 4.78 is 11.6. The van der Waals surface area contributed by atoms with Gasteiger partial charge in [-0.1, -0.05) is 49.7 Å². The molecule has 0 amide bonds. The van der Waals surface area contributed by atoms with Gasteiger partial charge in [0.15, 0.2) is 0 Å². The Morgan fingerprint density at radius 1 is 0.786 bits per heavy atom. The van der Waals surface area contributed by atoms with Crippen molar-refractivity contribution in [2.24, 2.45) is 0 Å². The number of aromatic nitrogens is 2. The van der Waals surface area contributed by atoms with Gasteiger partial charge >= 0.3 is 6.01 Å². The van der Waals surface area contributed by atoms with Crippen LogP contribution in [0, 0.1) is 0 Å². The maximum Gasteiger partial charge on any atom is 0.321 e. The third-order valence-corrected chi connectivity index (χ3v) is 4.68. The Morgan fingerprint density at radius 3 is 2.21 bits per heavy atom. The van der Waals surface area contributed by atoms with Crippen molar-refractivity contribution in [2.75, 3.05) is 0 Å². The number of halogens is 1. The lowest BCUT2D eigenvalue weighted by Gasteiger charge is -2.11. The Balaban J connectivity index is 1.54. The molecule has 5 heteroatoms. The Labute approximate surface area is 168 Å². The minimum atomic E-state index is 0.266. The molecule has 0 aliphatic carbocycles. The molecule has 4 rings (SSSR count). The molecule has 28 heavy (non-hydrogen) atoms. The molecule has 0 fully saturated rings. The van der Waals surface area contributed by atoms with E-state index in [-0.39, 0.29) is 6.01 Å². The molecular formula is C23H19ClN2O2. The number of nitrogens with zero attached hydrogens (tertiary/aromatic N) is 2. The smallest absolute Gasteiger partial charge is 0.321 e. The third kappa shape index (κ3) is 4.07. The van der Waals surface area contributed by atoms with Gasteiger partial charge in [0.25, 0.3) is 0 Å². The molecule has 0 aliphatic rings. The van der Waals surface area contributed by atoms with Crippen molar-refractivity contribution in [3.05, 3.63) is 83.6 Å². The van der Waals surface area contributed by atoms with E-state index in [4.69, 9.17) is 21.1 Å². The van der Waals surface area contributed by atoms with Crippen molar-refractivity contribution in [3.8, 4) is 23.3 Å². The molecule has 140 valence electrons. The van der Waals surface area contributed by atoms with Crippen LogP contribution >= 0.6 is 11.6 Å². The maximum atomic E-state index is 6.37. The van der Waals surface area contributed by atoms with Crippen molar-refractivity contribution in [3.63, 3.8) is 0 Å². The maximum absolute atomic E-state index is 6.37. The molecule has 0 aliphatic heterocycles. The molecule has 3 aromatic carbocycles. The van der Waals surface area contributed by atoms with Crippen LogP contribution < -0.4 is 9.47 Å². The van der Waals surface area contributed by atoms with E-state index in [1.165, 1.54) is 10.9 Å². The number of hydrogen-bond acceptors (Lipinski definition) is 4. The first-order valence-electron chi connectivity index (χ1n) is 9.04. The summed E-state index contributed by atoms with van der Waals surface area (Å²) in [7, 11) is 0. The van der Waals surface area contributed by atoms with Crippen LogP contribution in [0.4, 0.5) is 0 Å². The molecule has 1 heterocycles. The highest BCUT2D eigenvalue weighted by molar-refractivity contribution is 6.32. The molecule has 0 atom stereocenters. The van der Waals surface area contributed by atoms with Crippen LogP contribution in [0.15, 0.2) is 73.1 Å². The van der Waals surface area contributed by atoms with Crippen molar-refractivity contribution in [1.29, 1.82) is 0 Å². The van der Waals surface area contributed by atoms with Crippen molar-refractivity contribution in [2.45, 2.75) is 19.8 Å². The van der Waals surface area contributed by atoms with E-state index < -0.39 is 0 Å². The molecule has 0 spiro atoms. The summed E-state index contributed by atoms with van der Waals surface area (Å²) in [5, 5.41) is 2.76. The minimum Gasteiger partial charge on any atom is -0.456 e. The first-order chi connectivity index (χ1) is 13.6. The van der Waals surface area contributed by atoms with Crippen LogP contribution in [0.3, 0.4) is 0 Å². The predicted molar refractivity (Wildman–Crippen MR) is 112 cm³/mol. The molecule has 0 bridgehead atoms. The summed E-state index contributed by atoms with van der Waals surface area (Å²) in [6, 6.07) is 19.7. The van der Waals surface area contributed by atoms with E-state index in [0.29, 0.717) is 22.4 Å². The van der Waals surface area contributed by atoms with Gasteiger partial charge in [-0.3, -0.25) is 0 Å². The molecule has 0 saturated heterocycles. The van der Waals surface area contributed by atoms with Crippen LogP contribution in [0.2, 0.25) is 5.02 Å². The van der Waals surface area contributed by atoms with Gasteiger partial charge in [0, 0.05) is 18.5 Å². The third-order valence-electron chi connectivity index (χ3n) is 4.38. The van der Waals surface area contributed by atoms with E-state index in [1.54, 1.807) is 36.7 Å². The quantitative estimate of drug-likeness (QED) is 0.368. The van der Waals surface area contributed by atoms with Crippen molar-refractivity contribution < 1.29 is 9.47 Å². The van der Waals surface area contributed by atoms with Gasteiger partial charge in [-0.15, -0.1) is 0 Å². The Kier molecular flexibility index (Phi) is 5.13. The molecule has 0 radical (unpaired) electrons. The average molecular weight is 391 g/mol. The van der Waals surface area contributed by atoms with Gasteiger partial charge in [-0.05, 0) is 52.6 Å². The highest BCUT2D eigenvalue weighted by Gasteiger charge is 2.08. The summed E-state index contributed by atoms with van der Waals surface area (Å²) in [4.78, 5) is 8.06. The summed E-state index contributed by atoms with van der Waals surface area (Å²) >= 11 is 6.37. The van der Waals surface area contributed by atoms with Crippen LogP contribution in [0.5, 0.6) is 23.3 Å². The second-order valence-corrected chi connectivity index (χ2v) is 7.16. The average Bonchev–Trinajstić information content (AvgIpc) is 2.70. The molecule has 1 aromatic heterocycles. The lowest BCUT2D eigenvalue weighted by Crippen LogP contribution is -1.91. The van der Waals surface area contributed by atoms with E-state index in [0.717, 1.165) is 11.1 Å². The number of rotatable bonds is 5. The lowest BCUT2D eigenvalue weighted by atomic mass is 9.99. The first kappa shape index (κ1) is 18.3. The summed E-state index contributed by atoms with van der Waals surface area (Å²) in [5.74, 6) is 2.33. The molecule has 4 aromatic rings. The summed E-state index contributed by atoms with van der Waals surface area (Å²) in [6.45, 7) is 4.38. The van der Waals surface area contributed by atoms with Gasteiger partial charge in [0.2, 0.25) is 0 Å². The molecule has 4 nitrogen and oxygen atoms in total. The molecular weight excluding hydrogens is 372 g/mol. The molecule has 0 N–H and O–H groups in total. The minimum absolute atomic E-state index is 0.266. The van der Waals surface area contributed by atoms with Crippen LogP contribution in [-0.2, 0) is 0 Å². The van der Waals surface area contributed by atoms with E-state index in [1.807, 2.05) is 12.1 Å². The van der Waals surface area contributed by atoms with Gasteiger partial charge in [0.05, 0.1) is 5.02 Å². The van der Waals surface area contributed by atoms with Crippen LogP contribution in [0.1, 0.15) is 25.3 Å². The number of hydrogen-bond donors (Lipinski definition) is 0. The number of ether oxygens (including phenoxy) is 2. The molecule has 0 saturated carbocycles. The molecule has 0 unspecified atom stereocenters. The summed E-state index contributed by atoms with van der Waals surface area (Å²) in [5.41, 5.74) is 1.32. The zero-order valence-corrected chi connectivity index (χ0v) is 16.4. The Morgan fingerprint density at radius 2 is 1.46 bits per heavy atom. The van der Waals surface area contributed by atoms with E-state index in [2.05, 4.69) is 48.1 Å². The predicted octanol–water partition coefficient (Wildman–Crippen LogP) is 6.99.